The van der Waals surface area contributed by atoms with E-state index >= 15 is 0 Å². The maximum absolute atomic E-state index is 11.5. The van der Waals surface area contributed by atoms with Gasteiger partial charge in [-0.3, -0.25) is 9.69 Å². The zero-order valence-electron chi connectivity index (χ0n) is 10.2. The lowest BCUT2D eigenvalue weighted by Crippen LogP contribution is -2.51. The Morgan fingerprint density at radius 1 is 1.69 bits per heavy atom. The van der Waals surface area contributed by atoms with Gasteiger partial charge in [0.15, 0.2) is 0 Å². The summed E-state index contributed by atoms with van der Waals surface area (Å²) in [6, 6.07) is 0.137. The Morgan fingerprint density at radius 2 is 2.44 bits per heavy atom. The van der Waals surface area contributed by atoms with Crippen molar-refractivity contribution in [3.8, 4) is 0 Å². The highest BCUT2D eigenvalue weighted by molar-refractivity contribution is 5.76. The lowest BCUT2D eigenvalue weighted by atomic mass is 10.1. The first-order valence-electron chi connectivity index (χ1n) is 5.99. The molecule has 0 bridgehead atoms. The SMILES string of the molecule is CCNC(=O)CC(CN)N1CCOC(C)C1. The molecule has 0 aromatic rings. The van der Waals surface area contributed by atoms with Gasteiger partial charge in [0, 0.05) is 38.6 Å². The van der Waals surface area contributed by atoms with Gasteiger partial charge in [-0.25, -0.2) is 0 Å². The average Bonchev–Trinajstić information content (AvgIpc) is 2.26. The molecule has 0 spiro atoms. The fourth-order valence-electron chi connectivity index (χ4n) is 2.02. The second-order valence-corrected chi connectivity index (χ2v) is 4.22. The van der Waals surface area contributed by atoms with Crippen LogP contribution >= 0.6 is 0 Å². The molecule has 5 heteroatoms. The monoisotopic (exact) mass is 229 g/mol. The van der Waals surface area contributed by atoms with Gasteiger partial charge in [-0.05, 0) is 13.8 Å². The Balaban J connectivity index is 2.43. The summed E-state index contributed by atoms with van der Waals surface area (Å²) in [5, 5.41) is 2.81. The van der Waals surface area contributed by atoms with Crippen LogP contribution in [-0.4, -0.2) is 55.7 Å². The maximum Gasteiger partial charge on any atom is 0.221 e. The molecule has 1 aliphatic heterocycles. The second-order valence-electron chi connectivity index (χ2n) is 4.22. The van der Waals surface area contributed by atoms with E-state index in [1.807, 2.05) is 13.8 Å². The first kappa shape index (κ1) is 13.4. The molecule has 1 aliphatic rings. The molecule has 16 heavy (non-hydrogen) atoms. The summed E-state index contributed by atoms with van der Waals surface area (Å²) < 4.78 is 5.47. The van der Waals surface area contributed by atoms with Crippen LogP contribution in [-0.2, 0) is 9.53 Å². The van der Waals surface area contributed by atoms with E-state index in [1.54, 1.807) is 0 Å². The van der Waals surface area contributed by atoms with Crippen molar-refractivity contribution in [2.45, 2.75) is 32.4 Å². The number of nitrogens with one attached hydrogen (secondary N) is 1. The van der Waals surface area contributed by atoms with Crippen LogP contribution in [0.15, 0.2) is 0 Å². The number of hydrogen-bond donors (Lipinski definition) is 2. The van der Waals surface area contributed by atoms with Crippen molar-refractivity contribution >= 4 is 5.91 Å². The second kappa shape index (κ2) is 6.83. The molecule has 1 heterocycles. The zero-order chi connectivity index (χ0) is 12.0. The Hall–Kier alpha value is -0.650. The van der Waals surface area contributed by atoms with E-state index in [2.05, 4.69) is 10.2 Å². The van der Waals surface area contributed by atoms with E-state index in [1.165, 1.54) is 0 Å². The maximum atomic E-state index is 11.5. The zero-order valence-corrected chi connectivity index (χ0v) is 10.2. The molecular formula is C11H23N3O2. The molecule has 2 unspecified atom stereocenters. The predicted octanol–water partition coefficient (Wildman–Crippen LogP) is -0.439. The third-order valence-electron chi connectivity index (χ3n) is 2.86. The standard InChI is InChI=1S/C11H23N3O2/c1-3-13-11(15)6-10(7-12)14-4-5-16-9(2)8-14/h9-10H,3-8,12H2,1-2H3,(H,13,15). The van der Waals surface area contributed by atoms with Crippen LogP contribution < -0.4 is 11.1 Å². The van der Waals surface area contributed by atoms with E-state index in [0.717, 1.165) is 19.7 Å². The van der Waals surface area contributed by atoms with Gasteiger partial charge >= 0.3 is 0 Å². The molecule has 0 aromatic heterocycles. The molecule has 1 amide bonds. The fourth-order valence-corrected chi connectivity index (χ4v) is 2.02. The smallest absolute Gasteiger partial charge is 0.221 e. The number of ether oxygens (including phenoxy) is 1. The quantitative estimate of drug-likeness (QED) is 0.671. The van der Waals surface area contributed by atoms with Gasteiger partial charge in [0.05, 0.1) is 12.7 Å². The first-order valence-corrected chi connectivity index (χ1v) is 5.99. The van der Waals surface area contributed by atoms with Crippen molar-refractivity contribution < 1.29 is 9.53 Å². The number of amides is 1. The number of nitrogens with zero attached hydrogens (tertiary/aromatic N) is 1. The Labute approximate surface area is 97.3 Å². The third-order valence-corrected chi connectivity index (χ3v) is 2.86. The summed E-state index contributed by atoms with van der Waals surface area (Å²) in [7, 11) is 0. The normalized spacial score (nSPS) is 24.1. The highest BCUT2D eigenvalue weighted by Crippen LogP contribution is 2.10. The lowest BCUT2D eigenvalue weighted by Gasteiger charge is -2.36. The molecule has 5 nitrogen and oxygen atoms in total. The summed E-state index contributed by atoms with van der Waals surface area (Å²) in [6.07, 6.45) is 0.717. The minimum atomic E-state index is 0.0806. The first-order chi connectivity index (χ1) is 7.67. The summed E-state index contributed by atoms with van der Waals surface area (Å²) in [6.45, 7) is 7.62. The van der Waals surface area contributed by atoms with Crippen LogP contribution in [0.1, 0.15) is 20.3 Å². The van der Waals surface area contributed by atoms with E-state index in [-0.39, 0.29) is 18.1 Å². The van der Waals surface area contributed by atoms with Gasteiger partial charge in [-0.1, -0.05) is 0 Å². The summed E-state index contributed by atoms with van der Waals surface area (Å²) in [5.41, 5.74) is 5.73. The molecule has 0 aromatic carbocycles. The number of hydrogen-bond acceptors (Lipinski definition) is 4. The third kappa shape index (κ3) is 4.08. The molecular weight excluding hydrogens is 206 g/mol. The van der Waals surface area contributed by atoms with Crippen LogP contribution in [0.5, 0.6) is 0 Å². The van der Waals surface area contributed by atoms with Crippen LogP contribution in [0.2, 0.25) is 0 Å². The van der Waals surface area contributed by atoms with Gasteiger partial charge in [0.2, 0.25) is 5.91 Å². The molecule has 1 fully saturated rings. The highest BCUT2D eigenvalue weighted by Gasteiger charge is 2.24. The van der Waals surface area contributed by atoms with Crippen molar-refractivity contribution in [2.75, 3.05) is 32.8 Å². The van der Waals surface area contributed by atoms with Crippen LogP contribution in [0.4, 0.5) is 0 Å². The summed E-state index contributed by atoms with van der Waals surface area (Å²) >= 11 is 0. The lowest BCUT2D eigenvalue weighted by molar-refractivity contribution is -0.123. The Bertz CT molecular complexity index is 223. The number of nitrogens with two attached hydrogens (primary N) is 1. The van der Waals surface area contributed by atoms with E-state index < -0.39 is 0 Å². The van der Waals surface area contributed by atoms with Crippen molar-refractivity contribution in [1.29, 1.82) is 0 Å². The van der Waals surface area contributed by atoms with Gasteiger partial charge in [0.25, 0.3) is 0 Å². The van der Waals surface area contributed by atoms with Crippen LogP contribution in [0.3, 0.4) is 0 Å². The highest BCUT2D eigenvalue weighted by atomic mass is 16.5. The topological polar surface area (TPSA) is 67.6 Å². The van der Waals surface area contributed by atoms with Crippen LogP contribution in [0, 0.1) is 0 Å². The minimum absolute atomic E-state index is 0.0806. The Morgan fingerprint density at radius 3 is 3.00 bits per heavy atom. The molecule has 3 N–H and O–H groups in total. The van der Waals surface area contributed by atoms with Crippen molar-refractivity contribution in [3.05, 3.63) is 0 Å². The minimum Gasteiger partial charge on any atom is -0.376 e. The number of morpholine rings is 1. The van der Waals surface area contributed by atoms with Gasteiger partial charge in [-0.15, -0.1) is 0 Å². The van der Waals surface area contributed by atoms with Crippen molar-refractivity contribution in [3.63, 3.8) is 0 Å². The van der Waals surface area contributed by atoms with Crippen molar-refractivity contribution in [2.24, 2.45) is 5.73 Å². The molecule has 94 valence electrons. The van der Waals surface area contributed by atoms with E-state index in [0.29, 0.717) is 19.5 Å². The van der Waals surface area contributed by atoms with Gasteiger partial charge in [-0.2, -0.15) is 0 Å². The van der Waals surface area contributed by atoms with Gasteiger partial charge < -0.3 is 15.8 Å². The van der Waals surface area contributed by atoms with E-state index in [9.17, 15) is 4.79 Å². The van der Waals surface area contributed by atoms with Crippen molar-refractivity contribution in [1.82, 2.24) is 10.2 Å². The molecule has 0 saturated carbocycles. The molecule has 1 rings (SSSR count). The Kier molecular flexibility index (Phi) is 5.73. The molecule has 2 atom stereocenters. The summed E-state index contributed by atoms with van der Waals surface area (Å²) in [4.78, 5) is 13.8. The van der Waals surface area contributed by atoms with E-state index in [4.69, 9.17) is 10.5 Å². The molecule has 0 aliphatic carbocycles. The van der Waals surface area contributed by atoms with Gasteiger partial charge in [0.1, 0.15) is 0 Å². The molecule has 1 saturated heterocycles. The predicted molar refractivity (Wildman–Crippen MR) is 63.1 cm³/mol. The fraction of sp³-hybridized carbons (Fsp3) is 0.909. The largest absolute Gasteiger partial charge is 0.376 e. The number of carbonyl (C=O) groups excluding carboxylic acids is 1. The van der Waals surface area contributed by atoms with Crippen LogP contribution in [0.25, 0.3) is 0 Å². The number of rotatable bonds is 5. The summed E-state index contributed by atoms with van der Waals surface area (Å²) in [5.74, 6) is 0.0806. The average molecular weight is 229 g/mol. The molecule has 0 radical (unpaired) electrons. The number of carbonyl (C=O) groups is 1.